The van der Waals surface area contributed by atoms with Crippen LogP contribution in [0.2, 0.25) is 10.0 Å². The zero-order valence-corrected chi connectivity index (χ0v) is 19.0. The second-order valence-corrected chi connectivity index (χ2v) is 8.70. The summed E-state index contributed by atoms with van der Waals surface area (Å²) in [5.41, 5.74) is 3.27. The maximum atomic E-state index is 13.7. The van der Waals surface area contributed by atoms with Gasteiger partial charge >= 0.3 is 0 Å². The first-order valence-corrected chi connectivity index (χ1v) is 11.2. The smallest absolute Gasteiger partial charge is 0.254 e. The summed E-state index contributed by atoms with van der Waals surface area (Å²) in [5.74, 6) is -0.482. The van der Waals surface area contributed by atoms with Crippen LogP contribution < -0.4 is 0 Å². The second-order valence-electron chi connectivity index (χ2n) is 7.89. The zero-order chi connectivity index (χ0) is 22.9. The number of amides is 1. The molecule has 0 aliphatic carbocycles. The van der Waals surface area contributed by atoms with Crippen molar-refractivity contribution in [3.8, 4) is 0 Å². The predicted octanol–water partition coefficient (Wildman–Crippen LogP) is 5.67. The van der Waals surface area contributed by atoms with E-state index in [0.29, 0.717) is 39.8 Å². The van der Waals surface area contributed by atoms with Crippen LogP contribution in [0.3, 0.4) is 0 Å². The predicted molar refractivity (Wildman–Crippen MR) is 128 cm³/mol. The van der Waals surface area contributed by atoms with Gasteiger partial charge in [0.25, 0.3) is 5.91 Å². The molecule has 3 aromatic carbocycles. The minimum atomic E-state index is -0.279. The van der Waals surface area contributed by atoms with E-state index >= 15 is 0 Å². The van der Waals surface area contributed by atoms with Gasteiger partial charge in [0.05, 0.1) is 21.7 Å². The molecule has 33 heavy (non-hydrogen) atoms. The monoisotopic (exact) mass is 475 g/mol. The third kappa shape index (κ3) is 4.06. The highest BCUT2D eigenvalue weighted by molar-refractivity contribution is 6.42. The molecule has 1 atom stereocenters. The van der Waals surface area contributed by atoms with Gasteiger partial charge in [-0.05, 0) is 41.5 Å². The fraction of sp³-hybridized carbons (Fsp3) is 0.115. The molecule has 1 unspecified atom stereocenters. The fourth-order valence-electron chi connectivity index (χ4n) is 4.26. The number of hydrogen-bond acceptors (Lipinski definition) is 3. The Balaban J connectivity index is 1.50. The Kier molecular flexibility index (Phi) is 5.75. The molecule has 0 bridgehead atoms. The summed E-state index contributed by atoms with van der Waals surface area (Å²) in [6, 6.07) is 21.4. The van der Waals surface area contributed by atoms with E-state index in [1.807, 2.05) is 35.1 Å². The lowest BCUT2D eigenvalue weighted by atomic mass is 9.93. The lowest BCUT2D eigenvalue weighted by Gasteiger charge is -2.35. The standard InChI is InChI=1S/C26H19Cl2N3O2/c27-22-11-10-17(14-23(22)28)25(32)20-8-3-4-9-21(20)26(33)30-15-18-6-1-2-7-19(18)24(16-30)31-13-5-12-29-31/h1-14,24H,15-16H2. The van der Waals surface area contributed by atoms with E-state index in [4.69, 9.17) is 23.2 Å². The van der Waals surface area contributed by atoms with Crippen LogP contribution in [0, 0.1) is 0 Å². The first-order chi connectivity index (χ1) is 16.0. The van der Waals surface area contributed by atoms with Crippen molar-refractivity contribution in [2.24, 2.45) is 0 Å². The molecule has 1 aromatic heterocycles. The van der Waals surface area contributed by atoms with E-state index in [2.05, 4.69) is 11.2 Å². The van der Waals surface area contributed by atoms with E-state index in [9.17, 15) is 9.59 Å². The van der Waals surface area contributed by atoms with E-state index in [-0.39, 0.29) is 17.7 Å². The van der Waals surface area contributed by atoms with Crippen LogP contribution in [0.25, 0.3) is 0 Å². The van der Waals surface area contributed by atoms with Gasteiger partial charge in [0.1, 0.15) is 0 Å². The molecular weight excluding hydrogens is 457 g/mol. The van der Waals surface area contributed by atoms with Gasteiger partial charge in [-0.2, -0.15) is 5.10 Å². The molecule has 0 saturated carbocycles. The Morgan fingerprint density at radius 2 is 1.64 bits per heavy atom. The minimum Gasteiger partial charge on any atom is -0.332 e. The quantitative estimate of drug-likeness (QED) is 0.357. The molecule has 1 aliphatic heterocycles. The number of nitrogens with zero attached hydrogens (tertiary/aromatic N) is 3. The van der Waals surface area contributed by atoms with E-state index in [1.54, 1.807) is 47.5 Å². The molecule has 7 heteroatoms. The molecule has 0 fully saturated rings. The van der Waals surface area contributed by atoms with Crippen LogP contribution in [0.4, 0.5) is 0 Å². The fourth-order valence-corrected chi connectivity index (χ4v) is 4.56. The average Bonchev–Trinajstić information content (AvgIpc) is 3.39. The molecule has 164 valence electrons. The Morgan fingerprint density at radius 1 is 0.879 bits per heavy atom. The van der Waals surface area contributed by atoms with Gasteiger partial charge in [-0.15, -0.1) is 0 Å². The van der Waals surface area contributed by atoms with E-state index in [0.717, 1.165) is 11.1 Å². The molecule has 0 spiro atoms. The lowest BCUT2D eigenvalue weighted by molar-refractivity contribution is 0.0703. The number of carbonyl (C=O) groups is 2. The zero-order valence-electron chi connectivity index (χ0n) is 17.5. The maximum Gasteiger partial charge on any atom is 0.254 e. The van der Waals surface area contributed by atoms with Crippen molar-refractivity contribution in [1.29, 1.82) is 0 Å². The summed E-state index contributed by atoms with van der Waals surface area (Å²) in [6.45, 7) is 0.912. The van der Waals surface area contributed by atoms with Crippen molar-refractivity contribution in [1.82, 2.24) is 14.7 Å². The largest absolute Gasteiger partial charge is 0.332 e. The van der Waals surface area contributed by atoms with Crippen molar-refractivity contribution < 1.29 is 9.59 Å². The van der Waals surface area contributed by atoms with Crippen LogP contribution in [-0.4, -0.2) is 32.9 Å². The van der Waals surface area contributed by atoms with E-state index in [1.165, 1.54) is 6.07 Å². The summed E-state index contributed by atoms with van der Waals surface area (Å²) in [6.07, 6.45) is 3.63. The summed E-state index contributed by atoms with van der Waals surface area (Å²) in [5, 5.41) is 5.07. The molecule has 0 saturated heterocycles. The van der Waals surface area contributed by atoms with Gasteiger partial charge in [0.2, 0.25) is 0 Å². The molecule has 2 heterocycles. The topological polar surface area (TPSA) is 55.2 Å². The number of carbonyl (C=O) groups excluding carboxylic acids is 2. The SMILES string of the molecule is O=C(c1ccc(Cl)c(Cl)c1)c1ccccc1C(=O)N1Cc2ccccc2C(n2cccn2)C1. The van der Waals surface area contributed by atoms with Gasteiger partial charge in [0.15, 0.2) is 5.78 Å². The van der Waals surface area contributed by atoms with Gasteiger partial charge in [-0.25, -0.2) is 0 Å². The Hall–Kier alpha value is -3.41. The number of hydrogen-bond donors (Lipinski definition) is 0. The molecular formula is C26H19Cl2N3O2. The number of fused-ring (bicyclic) bond motifs is 1. The van der Waals surface area contributed by atoms with Crippen molar-refractivity contribution in [3.63, 3.8) is 0 Å². The van der Waals surface area contributed by atoms with Crippen molar-refractivity contribution in [3.05, 3.63) is 123 Å². The normalized spacial score (nSPS) is 15.2. The molecule has 5 nitrogen and oxygen atoms in total. The third-order valence-electron chi connectivity index (χ3n) is 5.88. The van der Waals surface area contributed by atoms with Crippen molar-refractivity contribution >= 4 is 34.9 Å². The summed E-state index contributed by atoms with van der Waals surface area (Å²) < 4.78 is 1.87. The summed E-state index contributed by atoms with van der Waals surface area (Å²) >= 11 is 12.1. The highest BCUT2D eigenvalue weighted by Crippen LogP contribution is 2.31. The van der Waals surface area contributed by atoms with Crippen LogP contribution in [0.5, 0.6) is 0 Å². The first-order valence-electron chi connectivity index (χ1n) is 10.5. The van der Waals surface area contributed by atoms with Crippen LogP contribution in [0.15, 0.2) is 85.2 Å². The Bertz CT molecular complexity index is 1350. The molecule has 0 N–H and O–H groups in total. The maximum absolute atomic E-state index is 13.7. The molecule has 0 radical (unpaired) electrons. The van der Waals surface area contributed by atoms with E-state index < -0.39 is 0 Å². The highest BCUT2D eigenvalue weighted by Gasteiger charge is 2.31. The number of rotatable bonds is 4. The summed E-state index contributed by atoms with van der Waals surface area (Å²) in [7, 11) is 0. The minimum absolute atomic E-state index is 0.105. The number of aromatic nitrogens is 2. The number of ketones is 1. The third-order valence-corrected chi connectivity index (χ3v) is 6.62. The van der Waals surface area contributed by atoms with Crippen LogP contribution >= 0.6 is 23.2 Å². The number of halogens is 2. The average molecular weight is 476 g/mol. The van der Waals surface area contributed by atoms with Gasteiger partial charge < -0.3 is 4.90 Å². The Morgan fingerprint density at radius 3 is 2.39 bits per heavy atom. The molecule has 5 rings (SSSR count). The second kappa shape index (κ2) is 8.85. The van der Waals surface area contributed by atoms with Gasteiger partial charge in [0, 0.05) is 36.6 Å². The first kappa shape index (κ1) is 21.4. The van der Waals surface area contributed by atoms with Crippen molar-refractivity contribution in [2.75, 3.05) is 6.54 Å². The number of benzene rings is 3. The molecule has 1 aliphatic rings. The summed E-state index contributed by atoms with van der Waals surface area (Å²) in [4.78, 5) is 28.8. The van der Waals surface area contributed by atoms with Crippen LogP contribution in [-0.2, 0) is 6.54 Å². The van der Waals surface area contributed by atoms with Crippen molar-refractivity contribution in [2.45, 2.75) is 12.6 Å². The van der Waals surface area contributed by atoms with Gasteiger partial charge in [-0.1, -0.05) is 65.7 Å². The Labute approximate surface area is 201 Å². The van der Waals surface area contributed by atoms with Gasteiger partial charge in [-0.3, -0.25) is 14.3 Å². The molecule has 1 amide bonds. The molecule has 4 aromatic rings. The van der Waals surface area contributed by atoms with Crippen LogP contribution in [0.1, 0.15) is 43.4 Å². The lowest BCUT2D eigenvalue weighted by Crippen LogP contribution is -2.41. The highest BCUT2D eigenvalue weighted by atomic mass is 35.5.